The first-order valence-electron chi connectivity index (χ1n) is 7.90. The van der Waals surface area contributed by atoms with Crippen molar-refractivity contribution in [3.05, 3.63) is 53.7 Å². The van der Waals surface area contributed by atoms with Crippen LogP contribution >= 0.6 is 11.6 Å². The van der Waals surface area contributed by atoms with Gasteiger partial charge < -0.3 is 9.47 Å². The first kappa shape index (κ1) is 16.4. The maximum Gasteiger partial charge on any atom is 0.201 e. The number of nitrogens with one attached hydrogen (secondary N) is 1. The van der Waals surface area contributed by atoms with Crippen LogP contribution in [0.4, 0.5) is 0 Å². The Labute approximate surface area is 154 Å². The third-order valence-corrected chi connectivity index (χ3v) is 4.34. The highest BCUT2D eigenvalue weighted by Gasteiger charge is 2.16. The number of benzene rings is 2. The van der Waals surface area contributed by atoms with Crippen LogP contribution in [0.1, 0.15) is 0 Å². The summed E-state index contributed by atoms with van der Waals surface area (Å²) in [6.07, 6.45) is 0. The molecule has 0 amide bonds. The molecule has 2 heterocycles. The van der Waals surface area contributed by atoms with E-state index < -0.39 is 0 Å². The normalized spacial score (nSPS) is 10.9. The summed E-state index contributed by atoms with van der Waals surface area (Å²) in [5.74, 6) is 1.55. The second-order valence-corrected chi connectivity index (χ2v) is 5.97. The number of aromatic nitrogens is 4. The van der Waals surface area contributed by atoms with Gasteiger partial charge in [-0.2, -0.15) is 5.10 Å². The molecule has 0 aliphatic heterocycles. The average Bonchev–Trinajstić information content (AvgIpc) is 3.07. The van der Waals surface area contributed by atoms with E-state index in [4.69, 9.17) is 26.1 Å². The van der Waals surface area contributed by atoms with Crippen molar-refractivity contribution in [2.75, 3.05) is 14.2 Å². The molecule has 0 radical (unpaired) electrons. The zero-order valence-electron chi connectivity index (χ0n) is 14.2. The molecule has 4 rings (SSSR count). The average molecular weight is 367 g/mol. The minimum absolute atomic E-state index is 0.364. The Bertz CT molecular complexity index is 1060. The van der Waals surface area contributed by atoms with E-state index in [-0.39, 0.29) is 0 Å². The van der Waals surface area contributed by atoms with Crippen molar-refractivity contribution in [3.8, 4) is 34.0 Å². The Hall–Kier alpha value is -3.12. The summed E-state index contributed by atoms with van der Waals surface area (Å²) >= 11 is 6.16. The fourth-order valence-corrected chi connectivity index (χ4v) is 2.88. The van der Waals surface area contributed by atoms with Gasteiger partial charge in [-0.25, -0.2) is 9.97 Å². The van der Waals surface area contributed by atoms with Crippen LogP contribution in [0.5, 0.6) is 11.5 Å². The van der Waals surface area contributed by atoms with Crippen molar-refractivity contribution in [3.63, 3.8) is 0 Å². The molecule has 0 aliphatic carbocycles. The number of halogens is 1. The van der Waals surface area contributed by atoms with Gasteiger partial charge >= 0.3 is 0 Å². The smallest absolute Gasteiger partial charge is 0.201 e. The van der Waals surface area contributed by atoms with Gasteiger partial charge in [0, 0.05) is 11.1 Å². The van der Waals surface area contributed by atoms with Gasteiger partial charge in [-0.05, 0) is 48.5 Å². The summed E-state index contributed by atoms with van der Waals surface area (Å²) < 4.78 is 10.5. The number of hydrogen-bond acceptors (Lipinski definition) is 5. The number of H-pyrrole nitrogens is 1. The molecule has 0 saturated heterocycles. The van der Waals surface area contributed by atoms with Gasteiger partial charge in [0.25, 0.3) is 0 Å². The van der Waals surface area contributed by atoms with E-state index in [9.17, 15) is 0 Å². The second kappa shape index (κ2) is 6.65. The number of nitrogens with zero attached hydrogens (tertiary/aromatic N) is 3. The summed E-state index contributed by atoms with van der Waals surface area (Å²) in [4.78, 5) is 9.40. The second-order valence-electron chi connectivity index (χ2n) is 5.59. The number of rotatable bonds is 4. The molecule has 6 nitrogen and oxygen atoms in total. The maximum absolute atomic E-state index is 6.16. The molecule has 0 spiro atoms. The molecule has 26 heavy (non-hydrogen) atoms. The van der Waals surface area contributed by atoms with Gasteiger partial charge in [-0.15, -0.1) is 0 Å². The molecule has 0 aliphatic rings. The van der Waals surface area contributed by atoms with Crippen LogP contribution < -0.4 is 9.47 Å². The van der Waals surface area contributed by atoms with Crippen molar-refractivity contribution in [2.45, 2.75) is 0 Å². The molecule has 0 bridgehead atoms. The lowest BCUT2D eigenvalue weighted by Crippen LogP contribution is -1.95. The number of hydrogen-bond donors (Lipinski definition) is 1. The minimum Gasteiger partial charge on any atom is -0.497 e. The van der Waals surface area contributed by atoms with E-state index in [0.29, 0.717) is 27.7 Å². The molecule has 1 N–H and O–H groups in total. The van der Waals surface area contributed by atoms with Crippen LogP contribution in [0.3, 0.4) is 0 Å². The standard InChI is InChI=1S/C19H15ClN4O2/c1-25-13-7-3-11(4-8-13)15-16(12-5-9-14(26-2)10-6-12)22-19-17(21-15)18(20)23-24-19/h3-10H,1-2H3,(H,22,23,24). The van der Waals surface area contributed by atoms with Gasteiger partial charge in [-0.3, -0.25) is 5.10 Å². The fourth-order valence-electron chi connectivity index (χ4n) is 2.71. The van der Waals surface area contributed by atoms with Crippen molar-refractivity contribution in [2.24, 2.45) is 0 Å². The zero-order chi connectivity index (χ0) is 18.1. The topological polar surface area (TPSA) is 72.9 Å². The SMILES string of the molecule is COc1ccc(-c2nc3n[nH]c(Cl)c3nc2-c2ccc(OC)cc2)cc1. The summed E-state index contributed by atoms with van der Waals surface area (Å²) in [7, 11) is 3.27. The van der Waals surface area contributed by atoms with Crippen molar-refractivity contribution in [1.82, 2.24) is 20.2 Å². The highest BCUT2D eigenvalue weighted by molar-refractivity contribution is 6.33. The van der Waals surface area contributed by atoms with Crippen LogP contribution in [0, 0.1) is 0 Å². The molecule has 2 aromatic carbocycles. The summed E-state index contributed by atoms with van der Waals surface area (Å²) in [6.45, 7) is 0. The number of methoxy groups -OCH3 is 2. The predicted octanol–water partition coefficient (Wildman–Crippen LogP) is 4.36. The van der Waals surface area contributed by atoms with Crippen LogP contribution in [0.25, 0.3) is 33.7 Å². The molecule has 0 fully saturated rings. The molecular weight excluding hydrogens is 352 g/mol. The monoisotopic (exact) mass is 366 g/mol. The zero-order valence-corrected chi connectivity index (χ0v) is 14.9. The first-order valence-corrected chi connectivity index (χ1v) is 8.28. The minimum atomic E-state index is 0.364. The van der Waals surface area contributed by atoms with E-state index in [1.165, 1.54) is 0 Å². The third-order valence-electron chi connectivity index (χ3n) is 4.07. The predicted molar refractivity (Wildman–Crippen MR) is 101 cm³/mol. The Kier molecular flexibility index (Phi) is 4.18. The van der Waals surface area contributed by atoms with E-state index in [2.05, 4.69) is 15.2 Å². The highest BCUT2D eigenvalue weighted by atomic mass is 35.5. The van der Waals surface area contributed by atoms with E-state index >= 15 is 0 Å². The van der Waals surface area contributed by atoms with Crippen molar-refractivity contribution >= 4 is 22.8 Å². The molecule has 7 heteroatoms. The number of aromatic amines is 1. The van der Waals surface area contributed by atoms with Gasteiger partial charge in [0.1, 0.15) is 17.0 Å². The maximum atomic E-state index is 6.16. The van der Waals surface area contributed by atoms with E-state index in [0.717, 1.165) is 22.6 Å². The molecular formula is C19H15ClN4O2. The van der Waals surface area contributed by atoms with Gasteiger partial charge in [-0.1, -0.05) is 11.6 Å². The fraction of sp³-hybridized carbons (Fsp3) is 0.105. The lowest BCUT2D eigenvalue weighted by atomic mass is 10.0. The largest absolute Gasteiger partial charge is 0.497 e. The summed E-state index contributed by atoms with van der Waals surface area (Å²) in [6, 6.07) is 15.3. The van der Waals surface area contributed by atoms with Crippen LogP contribution in [0.2, 0.25) is 5.15 Å². The van der Waals surface area contributed by atoms with Crippen LogP contribution in [0.15, 0.2) is 48.5 Å². The van der Waals surface area contributed by atoms with Crippen LogP contribution in [-0.2, 0) is 0 Å². The van der Waals surface area contributed by atoms with E-state index in [1.54, 1.807) is 14.2 Å². The van der Waals surface area contributed by atoms with E-state index in [1.807, 2.05) is 48.5 Å². The Morgan fingerprint density at radius 3 is 1.77 bits per heavy atom. The molecule has 0 unspecified atom stereocenters. The Balaban J connectivity index is 1.93. The Morgan fingerprint density at radius 1 is 0.769 bits per heavy atom. The van der Waals surface area contributed by atoms with Crippen molar-refractivity contribution < 1.29 is 9.47 Å². The van der Waals surface area contributed by atoms with Crippen molar-refractivity contribution in [1.29, 1.82) is 0 Å². The molecule has 0 saturated carbocycles. The molecule has 4 aromatic rings. The molecule has 130 valence electrons. The van der Waals surface area contributed by atoms with Crippen LogP contribution in [-0.4, -0.2) is 34.4 Å². The number of ether oxygens (including phenoxy) is 2. The number of fused-ring (bicyclic) bond motifs is 1. The summed E-state index contributed by atoms with van der Waals surface area (Å²) in [5.41, 5.74) is 4.25. The molecule has 0 atom stereocenters. The first-order chi connectivity index (χ1) is 12.7. The van der Waals surface area contributed by atoms with Gasteiger partial charge in [0.05, 0.1) is 25.6 Å². The third kappa shape index (κ3) is 2.84. The Morgan fingerprint density at radius 2 is 1.27 bits per heavy atom. The van der Waals surface area contributed by atoms with Gasteiger partial charge in [0.2, 0.25) is 5.65 Å². The lowest BCUT2D eigenvalue weighted by Gasteiger charge is -2.10. The summed E-state index contributed by atoms with van der Waals surface area (Å²) in [5, 5.41) is 7.21. The lowest BCUT2D eigenvalue weighted by molar-refractivity contribution is 0.414. The quantitative estimate of drug-likeness (QED) is 0.581. The molecule has 2 aromatic heterocycles. The van der Waals surface area contributed by atoms with Gasteiger partial charge in [0.15, 0.2) is 5.15 Å². The highest BCUT2D eigenvalue weighted by Crippen LogP contribution is 2.33.